The molecule has 1 heterocycles. The molecule has 0 spiro atoms. The van der Waals surface area contributed by atoms with Crippen molar-refractivity contribution in [2.45, 2.75) is 10.5 Å². The zero-order valence-corrected chi connectivity index (χ0v) is 16.3. The topological polar surface area (TPSA) is 46.1 Å². The second-order valence-electron chi connectivity index (χ2n) is 3.91. The Labute approximate surface area is 147 Å². The van der Waals surface area contributed by atoms with Crippen LogP contribution >= 0.6 is 39.3 Å². The predicted octanol–water partition coefficient (Wildman–Crippen LogP) is 2.39. The van der Waals surface area contributed by atoms with Crippen LogP contribution < -0.4 is 8.17 Å². The molecule has 0 aliphatic rings. The number of rotatable bonds is 6. The van der Waals surface area contributed by atoms with E-state index in [1.54, 1.807) is 10.0 Å². The number of carbonyl (C=O) groups excluding carboxylic acids is 1. The Hall–Kier alpha value is -0.552. The van der Waals surface area contributed by atoms with Crippen molar-refractivity contribution in [1.29, 1.82) is 0 Å². The molecule has 0 saturated carbocycles. The summed E-state index contributed by atoms with van der Waals surface area (Å²) >= 11 is 10.1. The molecule has 0 aliphatic heterocycles. The maximum atomic E-state index is 11.5. The fourth-order valence-electron chi connectivity index (χ4n) is 1.59. The fourth-order valence-corrected chi connectivity index (χ4v) is 4.72. The van der Waals surface area contributed by atoms with Gasteiger partial charge >= 0.3 is 148 Å². The Morgan fingerprint density at radius 3 is 2.86 bits per heavy atom. The third-order valence-corrected chi connectivity index (χ3v) is 7.01. The first-order chi connectivity index (χ1) is 10.2. The summed E-state index contributed by atoms with van der Waals surface area (Å²) in [6.07, 6.45) is 4.47. The van der Waals surface area contributed by atoms with E-state index in [4.69, 9.17) is 11.6 Å². The molecular formula is C13H12AsBrClN3OS. The molecule has 0 bridgehead atoms. The number of nitrogens with zero attached hydrogens (tertiary/aromatic N) is 3. The molecule has 2 rings (SSSR count). The van der Waals surface area contributed by atoms with E-state index in [0.29, 0.717) is 21.3 Å². The van der Waals surface area contributed by atoms with Crippen LogP contribution in [0, 0.1) is 0 Å². The van der Waals surface area contributed by atoms with Gasteiger partial charge in [-0.2, -0.15) is 0 Å². The molecule has 1 atom stereocenters. The second-order valence-corrected chi connectivity index (χ2v) is 8.26. The van der Waals surface area contributed by atoms with E-state index in [1.165, 1.54) is 11.8 Å². The van der Waals surface area contributed by atoms with Gasteiger partial charge in [0.1, 0.15) is 0 Å². The molecule has 0 fully saturated rings. The van der Waals surface area contributed by atoms with Gasteiger partial charge in [-0.15, -0.1) is 0 Å². The molecule has 1 unspecified atom stereocenters. The zero-order chi connectivity index (χ0) is 15.2. The third-order valence-electron chi connectivity index (χ3n) is 2.59. The van der Waals surface area contributed by atoms with Crippen LogP contribution in [-0.2, 0) is 10.1 Å². The van der Waals surface area contributed by atoms with E-state index in [-0.39, 0.29) is 0 Å². The monoisotopic (exact) mass is 447 g/mol. The van der Waals surface area contributed by atoms with Crippen molar-refractivity contribution in [3.63, 3.8) is 0 Å². The number of anilines is 1. The number of thioether (sulfide) groups is 1. The Morgan fingerprint density at radius 2 is 2.24 bits per heavy atom. The standard InChI is InChI=1S/C13H12AsBrClN3OS/c1-21-13-17-7-9(6-15)12(18-13)19(8-20)14-10-4-2-3-5-11(10)16/h2-5,7-8,14H,6H2,1H3. The normalized spacial score (nSPS) is 11.0. The Morgan fingerprint density at radius 1 is 1.48 bits per heavy atom. The van der Waals surface area contributed by atoms with E-state index in [0.717, 1.165) is 16.3 Å². The number of amides is 1. The van der Waals surface area contributed by atoms with Crippen LogP contribution in [0.2, 0.25) is 5.02 Å². The van der Waals surface area contributed by atoms with Crippen molar-refractivity contribution in [3.8, 4) is 0 Å². The molecule has 21 heavy (non-hydrogen) atoms. The van der Waals surface area contributed by atoms with Gasteiger partial charge in [0.25, 0.3) is 0 Å². The summed E-state index contributed by atoms with van der Waals surface area (Å²) in [5, 5.41) is 1.92. The first-order valence-electron chi connectivity index (χ1n) is 5.91. The number of halogens is 2. The molecule has 0 saturated heterocycles. The van der Waals surface area contributed by atoms with Gasteiger partial charge in [0.05, 0.1) is 0 Å². The van der Waals surface area contributed by atoms with Crippen LogP contribution in [0.25, 0.3) is 0 Å². The van der Waals surface area contributed by atoms with E-state index in [1.807, 2.05) is 30.5 Å². The van der Waals surface area contributed by atoms with Gasteiger partial charge in [-0.25, -0.2) is 0 Å². The van der Waals surface area contributed by atoms with Crippen LogP contribution in [0.1, 0.15) is 5.56 Å². The third kappa shape index (κ3) is 4.22. The summed E-state index contributed by atoms with van der Waals surface area (Å²) in [5.41, 5.74) is 0.885. The van der Waals surface area contributed by atoms with Gasteiger partial charge in [-0.3, -0.25) is 0 Å². The van der Waals surface area contributed by atoms with Crippen LogP contribution in [0.15, 0.2) is 35.6 Å². The molecule has 2 aromatic rings. The minimum atomic E-state index is -0.923. The number of carbonyl (C=O) groups is 1. The second kappa shape index (κ2) is 8.18. The SMILES string of the molecule is CSc1ncc(CBr)c(N(C=O)[AsH]c2ccccc2Cl)n1. The summed E-state index contributed by atoms with van der Waals surface area (Å²) in [7, 11) is 0. The maximum absolute atomic E-state index is 11.5. The van der Waals surface area contributed by atoms with Crippen molar-refractivity contribution in [2.75, 3.05) is 10.1 Å². The number of aromatic nitrogens is 2. The summed E-state index contributed by atoms with van der Waals surface area (Å²) in [5.74, 6) is 0.654. The van der Waals surface area contributed by atoms with Crippen LogP contribution in [-0.4, -0.2) is 38.6 Å². The molecule has 4 nitrogen and oxygen atoms in total. The molecule has 110 valence electrons. The summed E-state index contributed by atoms with van der Waals surface area (Å²) < 4.78 is 2.66. The quantitative estimate of drug-likeness (QED) is 0.224. The van der Waals surface area contributed by atoms with Crippen molar-refractivity contribution >= 4 is 71.8 Å². The fraction of sp³-hybridized carbons (Fsp3) is 0.154. The van der Waals surface area contributed by atoms with Crippen LogP contribution in [0.4, 0.5) is 5.82 Å². The van der Waals surface area contributed by atoms with Crippen LogP contribution in [0.3, 0.4) is 0 Å². The number of benzene rings is 1. The summed E-state index contributed by atoms with van der Waals surface area (Å²) in [6, 6.07) is 7.58. The molecular weight excluding hydrogens is 437 g/mol. The van der Waals surface area contributed by atoms with Crippen molar-refractivity contribution in [3.05, 3.63) is 41.0 Å². The minimum absolute atomic E-state index is 0.593. The summed E-state index contributed by atoms with van der Waals surface area (Å²) in [6.45, 7) is 0. The predicted molar refractivity (Wildman–Crippen MR) is 93.2 cm³/mol. The molecule has 1 aromatic heterocycles. The Bertz CT molecular complexity index is 647. The number of alkyl halides is 1. The first-order valence-corrected chi connectivity index (χ1v) is 10.6. The van der Waals surface area contributed by atoms with Gasteiger partial charge in [0.2, 0.25) is 0 Å². The van der Waals surface area contributed by atoms with E-state index in [9.17, 15) is 4.79 Å². The van der Waals surface area contributed by atoms with Crippen molar-refractivity contribution < 1.29 is 4.79 Å². The Balaban J connectivity index is 2.37. The van der Waals surface area contributed by atoms with Gasteiger partial charge in [0.15, 0.2) is 0 Å². The Kier molecular flexibility index (Phi) is 6.55. The first kappa shape index (κ1) is 16.8. The molecule has 1 amide bonds. The number of hydrogen-bond acceptors (Lipinski definition) is 4. The molecule has 8 heteroatoms. The average Bonchev–Trinajstić information content (AvgIpc) is 2.53. The van der Waals surface area contributed by atoms with E-state index < -0.39 is 16.0 Å². The van der Waals surface area contributed by atoms with Crippen molar-refractivity contribution in [1.82, 2.24) is 9.97 Å². The van der Waals surface area contributed by atoms with Gasteiger partial charge in [-0.1, -0.05) is 0 Å². The van der Waals surface area contributed by atoms with Gasteiger partial charge in [0, 0.05) is 0 Å². The van der Waals surface area contributed by atoms with E-state index >= 15 is 0 Å². The van der Waals surface area contributed by atoms with Crippen molar-refractivity contribution in [2.24, 2.45) is 0 Å². The molecule has 0 N–H and O–H groups in total. The molecule has 0 aliphatic carbocycles. The molecule has 0 radical (unpaired) electrons. The zero-order valence-electron chi connectivity index (χ0n) is 11.1. The number of hydrogen-bond donors (Lipinski definition) is 0. The summed E-state index contributed by atoms with van der Waals surface area (Å²) in [4.78, 5) is 20.2. The van der Waals surface area contributed by atoms with E-state index in [2.05, 4.69) is 25.9 Å². The van der Waals surface area contributed by atoms with Gasteiger partial charge < -0.3 is 0 Å². The molecule has 1 aromatic carbocycles. The van der Waals surface area contributed by atoms with Gasteiger partial charge in [-0.05, 0) is 0 Å². The van der Waals surface area contributed by atoms with Crippen LogP contribution in [0.5, 0.6) is 0 Å². The average molecular weight is 449 g/mol.